The molecule has 0 aliphatic rings. The highest BCUT2D eigenvalue weighted by molar-refractivity contribution is 5.23. The van der Waals surface area contributed by atoms with Crippen molar-refractivity contribution in [2.75, 3.05) is 0 Å². The van der Waals surface area contributed by atoms with Crippen LogP contribution in [0, 0.1) is 18.3 Å². The van der Waals surface area contributed by atoms with Crippen LogP contribution in [0.1, 0.15) is 31.0 Å². The Bertz CT molecular complexity index is 321. The highest BCUT2D eigenvalue weighted by atomic mass is 14.9. The average molecular weight is 188 g/mol. The number of benzene rings is 1. The quantitative estimate of drug-likeness (QED) is 0.791. The third-order valence-electron chi connectivity index (χ3n) is 2.27. The summed E-state index contributed by atoms with van der Waals surface area (Å²) >= 11 is 0. The predicted octanol–water partition coefficient (Wildman–Crippen LogP) is 2.56. The van der Waals surface area contributed by atoms with Crippen LogP contribution in [0.3, 0.4) is 0 Å². The van der Waals surface area contributed by atoms with Crippen LogP contribution in [0.25, 0.3) is 0 Å². The summed E-state index contributed by atoms with van der Waals surface area (Å²) in [5, 5.41) is 11.9. The molecule has 1 unspecified atom stereocenters. The zero-order chi connectivity index (χ0) is 10.6. The molecule has 0 saturated carbocycles. The lowest BCUT2D eigenvalue weighted by atomic mass is 10.1. The molecule has 0 heterocycles. The maximum absolute atomic E-state index is 8.66. The number of nitrogens with zero attached hydrogens (tertiary/aromatic N) is 1. The van der Waals surface area contributed by atoms with Gasteiger partial charge in [0.2, 0.25) is 0 Å². The SMILES string of the molecule is Cc1ccc([C@H](C)NC(C)C#N)cc1. The normalized spacial score (nSPS) is 14.4. The van der Waals surface area contributed by atoms with Crippen molar-refractivity contribution in [2.24, 2.45) is 0 Å². The molecule has 0 amide bonds. The van der Waals surface area contributed by atoms with E-state index in [2.05, 4.69) is 49.5 Å². The topological polar surface area (TPSA) is 35.8 Å². The van der Waals surface area contributed by atoms with Crippen molar-refractivity contribution in [1.29, 1.82) is 5.26 Å². The summed E-state index contributed by atoms with van der Waals surface area (Å²) in [7, 11) is 0. The molecule has 0 aliphatic heterocycles. The fourth-order valence-electron chi connectivity index (χ4n) is 1.36. The van der Waals surface area contributed by atoms with E-state index >= 15 is 0 Å². The summed E-state index contributed by atoms with van der Waals surface area (Å²) in [6.45, 7) is 6.00. The van der Waals surface area contributed by atoms with Gasteiger partial charge in [0.15, 0.2) is 0 Å². The van der Waals surface area contributed by atoms with Crippen LogP contribution in [0.4, 0.5) is 0 Å². The molecule has 1 N–H and O–H groups in total. The molecular formula is C12H16N2. The van der Waals surface area contributed by atoms with Crippen LogP contribution in [0.2, 0.25) is 0 Å². The van der Waals surface area contributed by atoms with Crippen molar-refractivity contribution in [1.82, 2.24) is 5.32 Å². The molecule has 0 bridgehead atoms. The van der Waals surface area contributed by atoms with Crippen LogP contribution in [-0.4, -0.2) is 6.04 Å². The molecule has 2 heteroatoms. The number of nitrogens with one attached hydrogen (secondary N) is 1. The number of aryl methyl sites for hydroxylation is 1. The average Bonchev–Trinajstić information content (AvgIpc) is 2.18. The lowest BCUT2D eigenvalue weighted by molar-refractivity contribution is 0.543. The van der Waals surface area contributed by atoms with Gasteiger partial charge in [0.25, 0.3) is 0 Å². The van der Waals surface area contributed by atoms with E-state index in [-0.39, 0.29) is 12.1 Å². The van der Waals surface area contributed by atoms with Gasteiger partial charge in [-0.3, -0.25) is 5.32 Å². The van der Waals surface area contributed by atoms with E-state index in [0.29, 0.717) is 0 Å². The minimum atomic E-state index is -0.105. The van der Waals surface area contributed by atoms with Gasteiger partial charge in [-0.15, -0.1) is 0 Å². The minimum absolute atomic E-state index is 0.105. The third-order valence-corrected chi connectivity index (χ3v) is 2.27. The molecule has 1 aromatic rings. The smallest absolute Gasteiger partial charge is 0.0929 e. The summed E-state index contributed by atoms with van der Waals surface area (Å²) in [5.74, 6) is 0. The molecule has 0 spiro atoms. The highest BCUT2D eigenvalue weighted by Crippen LogP contribution is 2.13. The van der Waals surface area contributed by atoms with Crippen LogP contribution in [-0.2, 0) is 0 Å². The molecule has 2 nitrogen and oxygen atoms in total. The lowest BCUT2D eigenvalue weighted by Gasteiger charge is -2.15. The van der Waals surface area contributed by atoms with Gasteiger partial charge in [0.05, 0.1) is 12.1 Å². The van der Waals surface area contributed by atoms with Gasteiger partial charge < -0.3 is 0 Å². The third kappa shape index (κ3) is 2.86. The highest BCUT2D eigenvalue weighted by Gasteiger charge is 2.07. The Labute approximate surface area is 85.6 Å². The summed E-state index contributed by atoms with van der Waals surface area (Å²) in [6.07, 6.45) is 0. The summed E-state index contributed by atoms with van der Waals surface area (Å²) in [4.78, 5) is 0. The van der Waals surface area contributed by atoms with E-state index in [1.165, 1.54) is 11.1 Å². The number of hydrogen-bond donors (Lipinski definition) is 1. The Morgan fingerprint density at radius 3 is 2.29 bits per heavy atom. The second-order valence-corrected chi connectivity index (χ2v) is 3.65. The molecule has 0 radical (unpaired) electrons. The van der Waals surface area contributed by atoms with Crippen LogP contribution < -0.4 is 5.32 Å². The Hall–Kier alpha value is -1.33. The predicted molar refractivity (Wildman–Crippen MR) is 57.8 cm³/mol. The molecule has 14 heavy (non-hydrogen) atoms. The van der Waals surface area contributed by atoms with E-state index in [9.17, 15) is 0 Å². The monoisotopic (exact) mass is 188 g/mol. The molecule has 1 aromatic carbocycles. The molecule has 0 aromatic heterocycles. The van der Waals surface area contributed by atoms with Gasteiger partial charge in [-0.2, -0.15) is 5.26 Å². The van der Waals surface area contributed by atoms with Crippen molar-refractivity contribution < 1.29 is 0 Å². The summed E-state index contributed by atoms with van der Waals surface area (Å²) in [5.41, 5.74) is 2.48. The molecular weight excluding hydrogens is 172 g/mol. The zero-order valence-electron chi connectivity index (χ0n) is 8.91. The van der Waals surface area contributed by atoms with E-state index in [1.54, 1.807) is 0 Å². The minimum Gasteiger partial charge on any atom is -0.296 e. The Kier molecular flexibility index (Phi) is 3.67. The Morgan fingerprint density at radius 2 is 1.79 bits per heavy atom. The van der Waals surface area contributed by atoms with Crippen LogP contribution in [0.5, 0.6) is 0 Å². The van der Waals surface area contributed by atoms with Gasteiger partial charge >= 0.3 is 0 Å². The number of rotatable bonds is 3. The fraction of sp³-hybridized carbons (Fsp3) is 0.417. The maximum Gasteiger partial charge on any atom is 0.0929 e. The molecule has 0 aliphatic carbocycles. The van der Waals surface area contributed by atoms with E-state index in [4.69, 9.17) is 5.26 Å². The first kappa shape index (κ1) is 10.7. The molecule has 0 saturated heterocycles. The molecule has 2 atom stereocenters. The molecule has 0 fully saturated rings. The maximum atomic E-state index is 8.66. The zero-order valence-corrected chi connectivity index (χ0v) is 8.91. The fourth-order valence-corrected chi connectivity index (χ4v) is 1.36. The Balaban J connectivity index is 2.66. The lowest BCUT2D eigenvalue weighted by Crippen LogP contribution is -2.27. The largest absolute Gasteiger partial charge is 0.296 e. The van der Waals surface area contributed by atoms with E-state index in [0.717, 1.165) is 0 Å². The van der Waals surface area contributed by atoms with Crippen molar-refractivity contribution in [3.05, 3.63) is 35.4 Å². The first-order valence-electron chi connectivity index (χ1n) is 4.85. The van der Waals surface area contributed by atoms with Crippen molar-refractivity contribution in [3.8, 4) is 6.07 Å². The van der Waals surface area contributed by atoms with Crippen molar-refractivity contribution >= 4 is 0 Å². The summed E-state index contributed by atoms with van der Waals surface area (Å²) in [6, 6.07) is 10.7. The number of nitriles is 1. The van der Waals surface area contributed by atoms with Gasteiger partial charge in [-0.25, -0.2) is 0 Å². The van der Waals surface area contributed by atoms with Crippen LogP contribution >= 0.6 is 0 Å². The Morgan fingerprint density at radius 1 is 1.21 bits per heavy atom. The summed E-state index contributed by atoms with van der Waals surface area (Å²) < 4.78 is 0. The first-order valence-corrected chi connectivity index (χ1v) is 4.85. The van der Waals surface area contributed by atoms with Crippen molar-refractivity contribution in [2.45, 2.75) is 32.9 Å². The number of hydrogen-bond acceptors (Lipinski definition) is 2. The van der Waals surface area contributed by atoms with Crippen molar-refractivity contribution in [3.63, 3.8) is 0 Å². The second-order valence-electron chi connectivity index (χ2n) is 3.65. The van der Waals surface area contributed by atoms with Gasteiger partial charge in [0, 0.05) is 6.04 Å². The van der Waals surface area contributed by atoms with E-state index < -0.39 is 0 Å². The standard InChI is InChI=1S/C12H16N2/c1-9-4-6-12(7-5-9)11(3)14-10(2)8-13/h4-7,10-11,14H,1-3H3/t10?,11-/m0/s1. The van der Waals surface area contributed by atoms with Gasteiger partial charge in [-0.1, -0.05) is 29.8 Å². The molecule has 1 rings (SSSR count). The van der Waals surface area contributed by atoms with Gasteiger partial charge in [-0.05, 0) is 26.3 Å². The first-order chi connectivity index (χ1) is 6.63. The van der Waals surface area contributed by atoms with E-state index in [1.807, 2.05) is 6.92 Å². The molecule has 74 valence electrons. The second kappa shape index (κ2) is 4.78. The van der Waals surface area contributed by atoms with Crippen LogP contribution in [0.15, 0.2) is 24.3 Å². The van der Waals surface area contributed by atoms with Gasteiger partial charge in [0.1, 0.15) is 0 Å².